The van der Waals surface area contributed by atoms with Gasteiger partial charge in [0.15, 0.2) is 12.4 Å². The molecule has 8 atom stereocenters. The first kappa shape index (κ1) is 47.4. The second-order valence-electron chi connectivity index (χ2n) is 14.4. The van der Waals surface area contributed by atoms with Gasteiger partial charge in [0, 0.05) is 0 Å². The zero-order valence-electron chi connectivity index (χ0n) is 32.2. The van der Waals surface area contributed by atoms with Crippen LogP contribution in [0.3, 0.4) is 0 Å². The smallest absolute Gasteiger partial charge is 0.253 e. The number of ether oxygens (including phenoxy) is 2. The average Bonchev–Trinajstić information content (AvgIpc) is 3.12. The maximum absolute atomic E-state index is 12.9. The molecule has 1 aliphatic rings. The van der Waals surface area contributed by atoms with Gasteiger partial charge in [-0.15, -0.1) is 0 Å². The molecule has 10 heteroatoms. The highest BCUT2D eigenvalue weighted by molar-refractivity contribution is 5.82. The van der Waals surface area contributed by atoms with Crippen LogP contribution in [0.4, 0.5) is 0 Å². The van der Waals surface area contributed by atoms with Gasteiger partial charge in [-0.25, -0.2) is 0 Å². The normalized spacial score (nSPS) is 23.2. The second kappa shape index (κ2) is 30.8. The standard InChI is InChI=1S/C41H75NO9/c1-4-6-8-10-12-13-14-15-16-18-20-24-29-35(45)40(49)42-33(31-50-41-39(48)38(47)37(46)36(30-43)51-41)34(44)28-25-21-23-27-32(3)26-22-19-17-11-9-7-5-2/h24-25,27-29,33-39,41,43-48H,4-23,26,30-31H2,1-3H3,(H,42,49)/b28-25+,29-24+,32-27+/t33-,34-,35-,36-,37-,38+,39-,41-/m1/s1. The largest absolute Gasteiger partial charge is 0.394 e. The number of aliphatic hydroxyl groups is 6. The van der Waals surface area contributed by atoms with Gasteiger partial charge in [-0.3, -0.25) is 4.79 Å². The van der Waals surface area contributed by atoms with Gasteiger partial charge in [0.2, 0.25) is 0 Å². The van der Waals surface area contributed by atoms with Crippen LogP contribution in [0.15, 0.2) is 36.0 Å². The molecule has 1 aliphatic heterocycles. The summed E-state index contributed by atoms with van der Waals surface area (Å²) in [6, 6.07) is -1.03. The zero-order valence-corrected chi connectivity index (χ0v) is 32.2. The van der Waals surface area contributed by atoms with Gasteiger partial charge >= 0.3 is 0 Å². The van der Waals surface area contributed by atoms with Gasteiger partial charge in [-0.05, 0) is 45.4 Å². The molecular formula is C41H75NO9. The van der Waals surface area contributed by atoms with E-state index in [2.05, 4.69) is 32.2 Å². The van der Waals surface area contributed by atoms with E-state index < -0.39 is 61.5 Å². The summed E-state index contributed by atoms with van der Waals surface area (Å²) < 4.78 is 11.1. The third-order valence-corrected chi connectivity index (χ3v) is 9.67. The molecule has 0 aliphatic carbocycles. The van der Waals surface area contributed by atoms with Gasteiger partial charge in [-0.2, -0.15) is 0 Å². The summed E-state index contributed by atoms with van der Waals surface area (Å²) in [7, 11) is 0. The predicted molar refractivity (Wildman–Crippen MR) is 204 cm³/mol. The molecular weight excluding hydrogens is 650 g/mol. The molecule has 1 amide bonds. The summed E-state index contributed by atoms with van der Waals surface area (Å²) in [5.41, 5.74) is 1.35. The Morgan fingerprint density at radius 3 is 1.86 bits per heavy atom. The van der Waals surface area contributed by atoms with Gasteiger partial charge in [0.25, 0.3) is 5.91 Å². The van der Waals surface area contributed by atoms with Crippen LogP contribution < -0.4 is 5.32 Å². The third-order valence-electron chi connectivity index (χ3n) is 9.67. The van der Waals surface area contributed by atoms with Crippen molar-refractivity contribution < 1.29 is 44.9 Å². The van der Waals surface area contributed by atoms with Crippen molar-refractivity contribution in [3.05, 3.63) is 36.0 Å². The first-order valence-corrected chi connectivity index (χ1v) is 20.2. The van der Waals surface area contributed by atoms with Crippen LogP contribution in [-0.2, 0) is 14.3 Å². The van der Waals surface area contributed by atoms with Crippen molar-refractivity contribution in [1.29, 1.82) is 0 Å². The number of allylic oxidation sites excluding steroid dienone is 4. The summed E-state index contributed by atoms with van der Waals surface area (Å²) >= 11 is 0. The highest BCUT2D eigenvalue weighted by Crippen LogP contribution is 2.22. The third kappa shape index (κ3) is 22.2. The Hall–Kier alpha value is -1.63. The molecule has 7 N–H and O–H groups in total. The van der Waals surface area contributed by atoms with Gasteiger partial charge in [0.05, 0.1) is 25.4 Å². The van der Waals surface area contributed by atoms with E-state index in [0.29, 0.717) is 6.42 Å². The molecule has 0 aromatic rings. The topological polar surface area (TPSA) is 169 Å². The second-order valence-corrected chi connectivity index (χ2v) is 14.4. The Morgan fingerprint density at radius 1 is 0.725 bits per heavy atom. The molecule has 0 saturated carbocycles. The molecule has 0 aromatic carbocycles. The fraction of sp³-hybridized carbons (Fsp3) is 0.829. The number of carbonyl (C=O) groups excluding carboxylic acids is 1. The van der Waals surface area contributed by atoms with Crippen LogP contribution in [0, 0.1) is 0 Å². The number of amides is 1. The number of carbonyl (C=O) groups is 1. The minimum atomic E-state index is -1.62. The summed E-state index contributed by atoms with van der Waals surface area (Å²) in [4.78, 5) is 12.9. The molecule has 0 spiro atoms. The van der Waals surface area contributed by atoms with Crippen molar-refractivity contribution in [2.45, 2.75) is 205 Å². The van der Waals surface area contributed by atoms with Gasteiger partial charge < -0.3 is 45.4 Å². The van der Waals surface area contributed by atoms with E-state index in [0.717, 1.165) is 32.1 Å². The fourth-order valence-corrected chi connectivity index (χ4v) is 6.22. The highest BCUT2D eigenvalue weighted by Gasteiger charge is 2.44. The van der Waals surface area contributed by atoms with Crippen molar-refractivity contribution in [2.75, 3.05) is 13.2 Å². The lowest BCUT2D eigenvalue weighted by atomic mass is 9.99. The Labute approximate surface area is 309 Å². The number of nitrogens with one attached hydrogen (secondary N) is 1. The summed E-state index contributed by atoms with van der Waals surface area (Å²) in [6.45, 7) is 5.65. The van der Waals surface area contributed by atoms with Crippen molar-refractivity contribution in [3.63, 3.8) is 0 Å². The number of rotatable bonds is 31. The van der Waals surface area contributed by atoms with Crippen LogP contribution in [0.2, 0.25) is 0 Å². The minimum Gasteiger partial charge on any atom is -0.394 e. The lowest BCUT2D eigenvalue weighted by Crippen LogP contribution is -2.60. The molecule has 10 nitrogen and oxygen atoms in total. The van der Waals surface area contributed by atoms with E-state index in [4.69, 9.17) is 9.47 Å². The predicted octanol–water partition coefficient (Wildman–Crippen LogP) is 6.30. The molecule has 0 radical (unpaired) electrons. The van der Waals surface area contributed by atoms with Crippen LogP contribution in [0.5, 0.6) is 0 Å². The van der Waals surface area contributed by atoms with Crippen molar-refractivity contribution in [1.82, 2.24) is 5.32 Å². The van der Waals surface area contributed by atoms with Crippen LogP contribution >= 0.6 is 0 Å². The Kier molecular flexibility index (Phi) is 28.6. The molecule has 51 heavy (non-hydrogen) atoms. The quantitative estimate of drug-likeness (QED) is 0.0320. The molecule has 1 heterocycles. The van der Waals surface area contributed by atoms with E-state index in [1.807, 2.05) is 6.08 Å². The first-order chi connectivity index (χ1) is 24.7. The SMILES string of the molecule is CCCCCCCCCCCC/C=C/[C@@H](O)C(=O)N[C@H](CO[C@@H]1O[C@H](CO)[C@@H](O)[C@H](O)[C@H]1O)[C@H](O)/C=C/CC/C=C(\C)CCCCCCCCC. The molecule has 298 valence electrons. The summed E-state index contributed by atoms with van der Waals surface area (Å²) in [5, 5.41) is 64.3. The molecule has 1 rings (SSSR count). The van der Waals surface area contributed by atoms with E-state index in [1.165, 1.54) is 108 Å². The molecule has 0 aromatic heterocycles. The summed E-state index contributed by atoms with van der Waals surface area (Å²) in [5.74, 6) is -0.715. The Bertz CT molecular complexity index is 940. The lowest BCUT2D eigenvalue weighted by molar-refractivity contribution is -0.302. The molecule has 0 unspecified atom stereocenters. The summed E-state index contributed by atoms with van der Waals surface area (Å²) in [6.07, 6.45) is 23.5. The maximum atomic E-state index is 12.9. The van der Waals surface area contributed by atoms with Crippen LogP contribution in [-0.4, -0.2) is 98.7 Å². The number of hydrogen-bond acceptors (Lipinski definition) is 9. The van der Waals surface area contributed by atoms with Crippen molar-refractivity contribution in [3.8, 4) is 0 Å². The fourth-order valence-electron chi connectivity index (χ4n) is 6.22. The van der Waals surface area contributed by atoms with E-state index in [9.17, 15) is 35.4 Å². The first-order valence-electron chi connectivity index (χ1n) is 20.2. The number of aliphatic hydroxyl groups excluding tert-OH is 6. The molecule has 0 bridgehead atoms. The van der Waals surface area contributed by atoms with Crippen molar-refractivity contribution >= 4 is 5.91 Å². The van der Waals surface area contributed by atoms with Crippen LogP contribution in [0.1, 0.15) is 156 Å². The van der Waals surface area contributed by atoms with Crippen molar-refractivity contribution in [2.24, 2.45) is 0 Å². The maximum Gasteiger partial charge on any atom is 0.253 e. The van der Waals surface area contributed by atoms with Gasteiger partial charge in [0.1, 0.15) is 24.4 Å². The number of unbranched alkanes of at least 4 members (excludes halogenated alkanes) is 17. The lowest BCUT2D eigenvalue weighted by Gasteiger charge is -2.40. The molecule has 1 saturated heterocycles. The number of hydrogen-bond donors (Lipinski definition) is 7. The van der Waals surface area contributed by atoms with E-state index >= 15 is 0 Å². The van der Waals surface area contributed by atoms with E-state index in [1.54, 1.807) is 12.2 Å². The van der Waals surface area contributed by atoms with Crippen LogP contribution in [0.25, 0.3) is 0 Å². The van der Waals surface area contributed by atoms with Gasteiger partial charge in [-0.1, -0.05) is 146 Å². The monoisotopic (exact) mass is 726 g/mol. The highest BCUT2D eigenvalue weighted by atomic mass is 16.7. The Morgan fingerprint density at radius 2 is 1.27 bits per heavy atom. The molecule has 1 fully saturated rings. The van der Waals surface area contributed by atoms with E-state index in [-0.39, 0.29) is 6.61 Å². The minimum absolute atomic E-state index is 0.341. The average molecular weight is 726 g/mol. The Balaban J connectivity index is 2.63. The zero-order chi connectivity index (χ0) is 37.7.